The Morgan fingerprint density at radius 1 is 1.00 bits per heavy atom. The standard InChI is InChI=1S/C20H20N2O3S3/c1-21-28(24,25)19-9-6-16(7-10-19)8-11-20(23)22(14-17-4-2-12-26-17)15-18-5-3-13-27-18/h2-13,21H,14-15H2,1H3/b11-8+. The van der Waals surface area contributed by atoms with Crippen LogP contribution in [0.15, 0.2) is 70.3 Å². The van der Waals surface area contributed by atoms with Crippen LogP contribution in [0.5, 0.6) is 0 Å². The van der Waals surface area contributed by atoms with Crippen LogP contribution in [0.4, 0.5) is 0 Å². The number of nitrogens with zero attached hydrogens (tertiary/aromatic N) is 1. The van der Waals surface area contributed by atoms with E-state index < -0.39 is 10.0 Å². The van der Waals surface area contributed by atoms with E-state index in [1.165, 1.54) is 25.3 Å². The average Bonchev–Trinajstić information content (AvgIpc) is 3.40. The van der Waals surface area contributed by atoms with E-state index in [-0.39, 0.29) is 10.8 Å². The van der Waals surface area contributed by atoms with Crippen LogP contribution in [0.1, 0.15) is 15.3 Å². The van der Waals surface area contributed by atoms with Crippen molar-refractivity contribution in [3.05, 3.63) is 80.7 Å². The zero-order valence-electron chi connectivity index (χ0n) is 15.2. The summed E-state index contributed by atoms with van der Waals surface area (Å²) in [6, 6.07) is 14.4. The Balaban J connectivity index is 1.73. The fourth-order valence-corrected chi connectivity index (χ4v) is 4.71. The summed E-state index contributed by atoms with van der Waals surface area (Å²) >= 11 is 3.25. The summed E-state index contributed by atoms with van der Waals surface area (Å²) in [5.74, 6) is -0.0891. The first-order valence-electron chi connectivity index (χ1n) is 8.53. The summed E-state index contributed by atoms with van der Waals surface area (Å²) in [5, 5.41) is 4.00. The van der Waals surface area contributed by atoms with Gasteiger partial charge in [0.15, 0.2) is 0 Å². The summed E-state index contributed by atoms with van der Waals surface area (Å²) in [6.45, 7) is 1.11. The fourth-order valence-electron chi connectivity index (χ4n) is 2.54. The Hall–Kier alpha value is -2.26. The van der Waals surface area contributed by atoms with Crippen LogP contribution in [0.25, 0.3) is 6.08 Å². The van der Waals surface area contributed by atoms with E-state index in [1.807, 2.05) is 35.0 Å². The summed E-state index contributed by atoms with van der Waals surface area (Å²) in [4.78, 5) is 17.0. The van der Waals surface area contributed by atoms with Crippen molar-refractivity contribution < 1.29 is 13.2 Å². The van der Waals surface area contributed by atoms with Gasteiger partial charge in [0.25, 0.3) is 0 Å². The van der Waals surface area contributed by atoms with E-state index in [0.29, 0.717) is 13.1 Å². The van der Waals surface area contributed by atoms with Crippen molar-refractivity contribution in [1.82, 2.24) is 9.62 Å². The summed E-state index contributed by atoms with van der Waals surface area (Å²) in [5.41, 5.74) is 0.760. The second kappa shape index (κ2) is 9.29. The quantitative estimate of drug-likeness (QED) is 0.548. The second-order valence-electron chi connectivity index (χ2n) is 5.96. The van der Waals surface area contributed by atoms with Crippen molar-refractivity contribution in [2.75, 3.05) is 7.05 Å². The molecule has 28 heavy (non-hydrogen) atoms. The number of carbonyl (C=O) groups is 1. The van der Waals surface area contributed by atoms with Gasteiger partial charge in [-0.25, -0.2) is 13.1 Å². The number of benzene rings is 1. The van der Waals surface area contributed by atoms with Crippen molar-refractivity contribution in [2.45, 2.75) is 18.0 Å². The van der Waals surface area contributed by atoms with Gasteiger partial charge in [-0.1, -0.05) is 24.3 Å². The Kier molecular flexibility index (Phi) is 6.79. The van der Waals surface area contributed by atoms with E-state index >= 15 is 0 Å². The summed E-state index contributed by atoms with van der Waals surface area (Å²) in [6.07, 6.45) is 3.23. The van der Waals surface area contributed by atoms with Gasteiger partial charge in [-0.05, 0) is 53.7 Å². The lowest BCUT2D eigenvalue weighted by Gasteiger charge is -2.20. The molecule has 1 amide bonds. The molecule has 8 heteroatoms. The minimum atomic E-state index is -3.46. The molecule has 0 radical (unpaired) electrons. The van der Waals surface area contributed by atoms with Gasteiger partial charge in [-0.3, -0.25) is 4.79 Å². The maximum atomic E-state index is 12.8. The predicted octanol–water partition coefficient (Wildman–Crippen LogP) is 3.96. The highest BCUT2D eigenvalue weighted by Gasteiger charge is 2.14. The van der Waals surface area contributed by atoms with Gasteiger partial charge in [0.05, 0.1) is 18.0 Å². The van der Waals surface area contributed by atoms with Gasteiger partial charge in [0.2, 0.25) is 15.9 Å². The van der Waals surface area contributed by atoms with Gasteiger partial charge < -0.3 is 4.90 Å². The number of carbonyl (C=O) groups excluding carboxylic acids is 1. The topological polar surface area (TPSA) is 66.5 Å². The molecular formula is C20H20N2O3S3. The fraction of sp³-hybridized carbons (Fsp3) is 0.150. The van der Waals surface area contributed by atoms with E-state index in [9.17, 15) is 13.2 Å². The Bertz CT molecular complexity index is 987. The molecule has 0 saturated heterocycles. The van der Waals surface area contributed by atoms with Gasteiger partial charge in [0, 0.05) is 15.8 Å². The minimum Gasteiger partial charge on any atom is -0.329 e. The van der Waals surface area contributed by atoms with E-state index in [4.69, 9.17) is 0 Å². The molecule has 0 aliphatic heterocycles. The summed E-state index contributed by atoms with van der Waals surface area (Å²) < 4.78 is 25.8. The third-order valence-electron chi connectivity index (χ3n) is 4.04. The molecule has 0 unspecified atom stereocenters. The number of nitrogens with one attached hydrogen (secondary N) is 1. The van der Waals surface area contributed by atoms with E-state index in [2.05, 4.69) is 4.72 Å². The number of sulfonamides is 1. The van der Waals surface area contributed by atoms with Crippen LogP contribution in [0.2, 0.25) is 0 Å². The molecule has 5 nitrogen and oxygen atoms in total. The smallest absolute Gasteiger partial charge is 0.247 e. The molecule has 0 spiro atoms. The highest BCUT2D eigenvalue weighted by atomic mass is 32.2. The Morgan fingerprint density at radius 3 is 2.04 bits per heavy atom. The number of hydrogen-bond donors (Lipinski definition) is 1. The highest BCUT2D eigenvalue weighted by molar-refractivity contribution is 7.89. The van der Waals surface area contributed by atoms with Gasteiger partial charge in [-0.15, -0.1) is 22.7 Å². The molecule has 3 aromatic rings. The molecule has 0 atom stereocenters. The first-order chi connectivity index (χ1) is 13.5. The van der Waals surface area contributed by atoms with Crippen LogP contribution in [0.3, 0.4) is 0 Å². The predicted molar refractivity (Wildman–Crippen MR) is 115 cm³/mol. The molecule has 0 saturated carbocycles. The van der Waals surface area contributed by atoms with E-state index in [0.717, 1.165) is 15.3 Å². The van der Waals surface area contributed by atoms with Gasteiger partial charge >= 0.3 is 0 Å². The first-order valence-corrected chi connectivity index (χ1v) is 11.8. The summed E-state index contributed by atoms with van der Waals surface area (Å²) in [7, 11) is -2.09. The molecule has 2 aromatic heterocycles. The number of hydrogen-bond acceptors (Lipinski definition) is 5. The third-order valence-corrected chi connectivity index (χ3v) is 7.20. The van der Waals surface area contributed by atoms with Crippen LogP contribution in [0, 0.1) is 0 Å². The molecule has 0 aliphatic carbocycles. The Morgan fingerprint density at radius 2 is 1.57 bits per heavy atom. The van der Waals surface area contributed by atoms with Crippen molar-refractivity contribution >= 4 is 44.7 Å². The average molecular weight is 433 g/mol. The normalized spacial score (nSPS) is 11.8. The number of amides is 1. The van der Waals surface area contributed by atoms with Gasteiger partial charge in [0.1, 0.15) is 0 Å². The molecular weight excluding hydrogens is 412 g/mol. The first kappa shape index (κ1) is 20.5. The second-order valence-corrected chi connectivity index (χ2v) is 9.91. The number of thiophene rings is 2. The minimum absolute atomic E-state index is 0.0891. The van der Waals surface area contributed by atoms with Crippen LogP contribution in [-0.2, 0) is 27.9 Å². The van der Waals surface area contributed by atoms with Gasteiger partial charge in [-0.2, -0.15) is 0 Å². The third kappa shape index (κ3) is 5.39. The molecule has 0 fully saturated rings. The molecule has 1 aromatic carbocycles. The SMILES string of the molecule is CNS(=O)(=O)c1ccc(/C=C/C(=O)N(Cc2cccs2)Cc2cccs2)cc1. The largest absolute Gasteiger partial charge is 0.329 e. The molecule has 1 N–H and O–H groups in total. The Labute approximate surface area is 173 Å². The lowest BCUT2D eigenvalue weighted by atomic mass is 10.2. The molecule has 146 valence electrons. The molecule has 0 aliphatic rings. The zero-order valence-corrected chi connectivity index (χ0v) is 17.7. The van der Waals surface area contributed by atoms with Crippen molar-refractivity contribution in [3.8, 4) is 0 Å². The molecule has 3 rings (SSSR count). The van der Waals surface area contributed by atoms with Crippen molar-refractivity contribution in [1.29, 1.82) is 0 Å². The van der Waals surface area contributed by atoms with Crippen molar-refractivity contribution in [3.63, 3.8) is 0 Å². The maximum absolute atomic E-state index is 12.8. The number of rotatable bonds is 8. The molecule has 0 bridgehead atoms. The lowest BCUT2D eigenvalue weighted by Crippen LogP contribution is -2.27. The lowest BCUT2D eigenvalue weighted by molar-refractivity contribution is -0.127. The highest BCUT2D eigenvalue weighted by Crippen LogP contribution is 2.18. The van der Waals surface area contributed by atoms with E-state index in [1.54, 1.807) is 45.8 Å². The zero-order chi connectivity index (χ0) is 20.0. The van der Waals surface area contributed by atoms with Crippen LogP contribution >= 0.6 is 22.7 Å². The monoisotopic (exact) mass is 432 g/mol. The maximum Gasteiger partial charge on any atom is 0.247 e. The van der Waals surface area contributed by atoms with Crippen LogP contribution < -0.4 is 4.72 Å². The van der Waals surface area contributed by atoms with Crippen molar-refractivity contribution in [2.24, 2.45) is 0 Å². The molecule has 2 heterocycles. The van der Waals surface area contributed by atoms with Crippen LogP contribution in [-0.4, -0.2) is 26.3 Å².